The molecule has 9 heteroatoms. The van der Waals surface area contributed by atoms with Crippen LogP contribution >= 0.6 is 12.4 Å². The fraction of sp³-hybridized carbons (Fsp3) is 0.571. The number of amides is 1. The average Bonchev–Trinajstić information content (AvgIpc) is 2.53. The molecule has 0 aromatic carbocycles. The van der Waals surface area contributed by atoms with Crippen molar-refractivity contribution >= 4 is 34.2 Å². The molecule has 0 bridgehead atoms. The van der Waals surface area contributed by atoms with Crippen LogP contribution in [0.4, 0.5) is 0 Å². The highest BCUT2D eigenvalue weighted by Crippen LogP contribution is 2.21. The maximum absolute atomic E-state index is 12.8. The number of halogens is 1. The van der Waals surface area contributed by atoms with Gasteiger partial charge < -0.3 is 15.1 Å². The molecule has 1 fully saturated rings. The van der Waals surface area contributed by atoms with Crippen LogP contribution in [0.1, 0.15) is 12.8 Å². The van der Waals surface area contributed by atoms with E-state index in [9.17, 15) is 13.2 Å². The molecule has 128 valence electrons. The molecule has 0 aromatic rings. The van der Waals surface area contributed by atoms with Crippen LogP contribution in [0.25, 0.3) is 0 Å². The molecule has 0 aliphatic carbocycles. The summed E-state index contributed by atoms with van der Waals surface area (Å²) in [6.45, 7) is 1.66. The normalized spacial score (nSPS) is 25.9. The Bertz CT molecular complexity index is 672. The van der Waals surface area contributed by atoms with Crippen LogP contribution in [0.3, 0.4) is 0 Å². The van der Waals surface area contributed by atoms with E-state index in [2.05, 4.69) is 9.71 Å². The molecular weight excluding hydrogens is 340 g/mol. The molecule has 0 saturated carbocycles. The molecule has 3 rings (SSSR count). The van der Waals surface area contributed by atoms with Crippen LogP contribution < -0.4 is 5.32 Å². The van der Waals surface area contributed by atoms with E-state index in [1.807, 2.05) is 7.05 Å². The number of likely N-dealkylation sites (tertiary alicyclic amines) is 1. The van der Waals surface area contributed by atoms with Gasteiger partial charge in [-0.2, -0.15) is 0 Å². The zero-order valence-electron chi connectivity index (χ0n) is 12.9. The number of nitrogens with one attached hydrogen (secondary N) is 1. The van der Waals surface area contributed by atoms with Crippen LogP contribution in [0.2, 0.25) is 0 Å². The first-order valence-electron chi connectivity index (χ1n) is 7.45. The fourth-order valence-corrected chi connectivity index (χ4v) is 3.94. The van der Waals surface area contributed by atoms with E-state index in [1.54, 1.807) is 28.2 Å². The number of nitrogens with zero attached hydrogens (tertiary/aromatic N) is 3. The predicted molar refractivity (Wildman–Crippen MR) is 91.1 cm³/mol. The number of sulfonamides is 1. The Morgan fingerprint density at radius 3 is 2.91 bits per heavy atom. The second-order valence-electron chi connectivity index (χ2n) is 5.70. The number of piperidine rings is 1. The van der Waals surface area contributed by atoms with Gasteiger partial charge in [0.2, 0.25) is 0 Å². The molecule has 0 aromatic heterocycles. The summed E-state index contributed by atoms with van der Waals surface area (Å²) in [5, 5.41) is 3.20. The summed E-state index contributed by atoms with van der Waals surface area (Å²) in [6, 6.07) is 0.283. The molecule has 3 heterocycles. The van der Waals surface area contributed by atoms with Gasteiger partial charge >= 0.3 is 0 Å². The number of amidine groups is 1. The van der Waals surface area contributed by atoms with Crippen LogP contribution in [-0.4, -0.2) is 68.4 Å². The number of allylic oxidation sites excluding steroid dienone is 2. The molecule has 3 aliphatic heterocycles. The van der Waals surface area contributed by atoms with E-state index < -0.39 is 10.0 Å². The van der Waals surface area contributed by atoms with E-state index in [1.165, 1.54) is 0 Å². The van der Waals surface area contributed by atoms with Gasteiger partial charge in [-0.25, -0.2) is 8.42 Å². The topological polar surface area (TPSA) is 82.1 Å². The van der Waals surface area contributed by atoms with Gasteiger partial charge in [0, 0.05) is 31.9 Å². The van der Waals surface area contributed by atoms with Crippen molar-refractivity contribution in [3.63, 3.8) is 0 Å². The third-order valence-corrected chi connectivity index (χ3v) is 5.35. The molecule has 1 saturated heterocycles. The maximum atomic E-state index is 12.8. The van der Waals surface area contributed by atoms with E-state index in [-0.39, 0.29) is 35.9 Å². The van der Waals surface area contributed by atoms with E-state index in [0.717, 1.165) is 12.8 Å². The standard InChI is InChI=1S/C14H20N4O3S.ClH/c1-15-11-4-2-7-18(10-11)14(19)12-5-3-6-17-8-9-22(20,21)16-13(12)17;/h3,5-6,11,15H,2,4,7-10H2,1H3;1H. The molecular formula is C14H21ClN4O3S. The highest BCUT2D eigenvalue weighted by atomic mass is 35.5. The van der Waals surface area contributed by atoms with Crippen molar-refractivity contribution in [3.05, 3.63) is 23.9 Å². The molecule has 0 spiro atoms. The summed E-state index contributed by atoms with van der Waals surface area (Å²) in [5.41, 5.74) is 0.363. The average molecular weight is 361 g/mol. The summed E-state index contributed by atoms with van der Waals surface area (Å²) in [5.74, 6) is 0.0869. The SMILES string of the molecule is CNC1CCCN(C(=O)C2=CC=CN3CCS(=O)(=O)N=C23)C1.Cl. The lowest BCUT2D eigenvalue weighted by molar-refractivity contribution is -0.127. The van der Waals surface area contributed by atoms with Crippen LogP contribution in [0.15, 0.2) is 28.3 Å². The molecule has 1 unspecified atom stereocenters. The van der Waals surface area contributed by atoms with Gasteiger partial charge in [-0.3, -0.25) is 4.79 Å². The van der Waals surface area contributed by atoms with Gasteiger partial charge in [-0.1, -0.05) is 0 Å². The third-order valence-electron chi connectivity index (χ3n) is 4.20. The van der Waals surface area contributed by atoms with E-state index in [0.29, 0.717) is 25.2 Å². The van der Waals surface area contributed by atoms with Crippen LogP contribution in [0.5, 0.6) is 0 Å². The second kappa shape index (κ2) is 7.02. The summed E-state index contributed by atoms with van der Waals surface area (Å²) < 4.78 is 27.3. The van der Waals surface area contributed by atoms with Crippen molar-refractivity contribution in [3.8, 4) is 0 Å². The minimum atomic E-state index is -3.48. The van der Waals surface area contributed by atoms with Crippen molar-refractivity contribution in [2.24, 2.45) is 4.40 Å². The second-order valence-corrected chi connectivity index (χ2v) is 7.45. The third kappa shape index (κ3) is 3.76. The number of carbonyl (C=O) groups is 1. The highest BCUT2D eigenvalue weighted by molar-refractivity contribution is 7.90. The molecule has 1 N–H and O–H groups in total. The van der Waals surface area contributed by atoms with Gasteiger partial charge in [-0.05, 0) is 32.0 Å². The summed E-state index contributed by atoms with van der Waals surface area (Å²) >= 11 is 0. The summed E-state index contributed by atoms with van der Waals surface area (Å²) in [6.07, 6.45) is 7.16. The number of hydrogen-bond acceptors (Lipinski definition) is 5. The predicted octanol–water partition coefficient (Wildman–Crippen LogP) is 0.116. The van der Waals surface area contributed by atoms with Gasteiger partial charge in [0.25, 0.3) is 15.9 Å². The van der Waals surface area contributed by atoms with Crippen LogP contribution in [0, 0.1) is 0 Å². The molecule has 7 nitrogen and oxygen atoms in total. The fourth-order valence-electron chi connectivity index (χ4n) is 2.95. The Kier molecular flexibility index (Phi) is 5.49. The minimum Gasteiger partial charge on any atom is -0.337 e. The highest BCUT2D eigenvalue weighted by Gasteiger charge is 2.33. The van der Waals surface area contributed by atoms with Crippen molar-refractivity contribution in [2.45, 2.75) is 18.9 Å². The minimum absolute atomic E-state index is 0. The lowest BCUT2D eigenvalue weighted by Crippen LogP contribution is -2.49. The van der Waals surface area contributed by atoms with Gasteiger partial charge in [0.15, 0.2) is 5.84 Å². The smallest absolute Gasteiger partial charge is 0.257 e. The first-order valence-corrected chi connectivity index (χ1v) is 9.06. The summed E-state index contributed by atoms with van der Waals surface area (Å²) in [4.78, 5) is 16.3. The van der Waals surface area contributed by atoms with Crippen molar-refractivity contribution < 1.29 is 13.2 Å². The Balaban J connectivity index is 0.00000192. The Morgan fingerprint density at radius 1 is 1.39 bits per heavy atom. The van der Waals surface area contributed by atoms with Crippen molar-refractivity contribution in [1.29, 1.82) is 0 Å². The van der Waals surface area contributed by atoms with Gasteiger partial charge in [0.05, 0.1) is 11.3 Å². The number of rotatable bonds is 2. The van der Waals surface area contributed by atoms with Crippen molar-refractivity contribution in [2.75, 3.05) is 32.4 Å². The molecule has 1 amide bonds. The number of hydrogen-bond donors (Lipinski definition) is 1. The van der Waals surface area contributed by atoms with Gasteiger partial charge in [-0.15, -0.1) is 16.8 Å². The number of likely N-dealkylation sites (N-methyl/N-ethyl adjacent to an activating group) is 1. The monoisotopic (exact) mass is 360 g/mol. The van der Waals surface area contributed by atoms with E-state index >= 15 is 0 Å². The molecule has 0 radical (unpaired) electrons. The lowest BCUT2D eigenvalue weighted by atomic mass is 10.0. The lowest BCUT2D eigenvalue weighted by Gasteiger charge is -2.35. The zero-order valence-corrected chi connectivity index (χ0v) is 14.6. The Hall–Kier alpha value is -1.38. The maximum Gasteiger partial charge on any atom is 0.257 e. The zero-order chi connectivity index (χ0) is 15.7. The molecule has 1 atom stereocenters. The first kappa shape index (κ1) is 18.0. The van der Waals surface area contributed by atoms with Crippen molar-refractivity contribution in [1.82, 2.24) is 15.1 Å². The molecule has 23 heavy (non-hydrogen) atoms. The Labute approximate surface area is 142 Å². The van der Waals surface area contributed by atoms with Crippen LogP contribution in [-0.2, 0) is 14.8 Å². The largest absolute Gasteiger partial charge is 0.337 e. The first-order chi connectivity index (χ1) is 10.5. The Morgan fingerprint density at radius 2 is 2.17 bits per heavy atom. The van der Waals surface area contributed by atoms with E-state index in [4.69, 9.17) is 0 Å². The summed E-state index contributed by atoms with van der Waals surface area (Å²) in [7, 11) is -1.59. The van der Waals surface area contributed by atoms with Gasteiger partial charge in [0.1, 0.15) is 0 Å². The quantitative estimate of drug-likeness (QED) is 0.756. The number of fused-ring (bicyclic) bond motifs is 1. The molecule has 3 aliphatic rings. The number of carbonyl (C=O) groups excluding carboxylic acids is 1.